The number of benzene rings is 2. The Morgan fingerprint density at radius 1 is 1.04 bits per heavy atom. The zero-order chi connectivity index (χ0) is 19.2. The van der Waals surface area contributed by atoms with E-state index in [4.69, 9.17) is 0 Å². The van der Waals surface area contributed by atoms with E-state index in [2.05, 4.69) is 0 Å². The molecule has 6 heteroatoms. The highest BCUT2D eigenvalue weighted by atomic mass is 19.1. The third-order valence-corrected chi connectivity index (χ3v) is 4.94. The van der Waals surface area contributed by atoms with Crippen LogP contribution >= 0.6 is 0 Å². The van der Waals surface area contributed by atoms with Crippen molar-refractivity contribution < 1.29 is 18.9 Å². The minimum atomic E-state index is -0.278. The van der Waals surface area contributed by atoms with Crippen LogP contribution in [0.15, 0.2) is 54.6 Å². The van der Waals surface area contributed by atoms with Crippen molar-refractivity contribution in [1.29, 1.82) is 0 Å². The molecule has 0 radical (unpaired) electrons. The van der Waals surface area contributed by atoms with Crippen molar-refractivity contribution in [3.63, 3.8) is 0 Å². The summed E-state index contributed by atoms with van der Waals surface area (Å²) in [5, 5.41) is 0. The Morgan fingerprint density at radius 2 is 1.67 bits per heavy atom. The van der Waals surface area contributed by atoms with Gasteiger partial charge in [0.2, 0.25) is 0 Å². The third-order valence-electron chi connectivity index (χ3n) is 4.94. The second-order valence-corrected chi connectivity index (χ2v) is 6.96. The lowest BCUT2D eigenvalue weighted by Crippen LogP contribution is -3.15. The third kappa shape index (κ3) is 5.14. The number of carbonyl (C=O) groups is 2. The van der Waals surface area contributed by atoms with Crippen molar-refractivity contribution >= 4 is 11.8 Å². The summed E-state index contributed by atoms with van der Waals surface area (Å²) >= 11 is 0. The van der Waals surface area contributed by atoms with Gasteiger partial charge in [-0.25, -0.2) is 4.39 Å². The van der Waals surface area contributed by atoms with Crippen LogP contribution in [-0.4, -0.2) is 61.4 Å². The molecule has 1 saturated heterocycles. The molecule has 1 N–H and O–H groups in total. The molecule has 0 spiro atoms. The second-order valence-electron chi connectivity index (χ2n) is 6.96. The van der Waals surface area contributed by atoms with E-state index in [1.54, 1.807) is 24.1 Å². The smallest absolute Gasteiger partial charge is 0.277 e. The van der Waals surface area contributed by atoms with Gasteiger partial charge >= 0.3 is 0 Å². The summed E-state index contributed by atoms with van der Waals surface area (Å²) in [6, 6.07) is 15.5. The van der Waals surface area contributed by atoms with Gasteiger partial charge in [-0.15, -0.1) is 0 Å². The molecule has 2 amide bonds. The van der Waals surface area contributed by atoms with Gasteiger partial charge in [-0.05, 0) is 29.8 Å². The summed E-state index contributed by atoms with van der Waals surface area (Å²) in [6.07, 6.45) is 0. The molecular weight excluding hydrogens is 345 g/mol. The standard InChI is InChI=1S/C21H24FN3O2/c1-23(15-17-7-9-19(22)10-8-17)20(26)16-24-11-13-25(14-12-24)21(27)18-5-3-2-4-6-18/h2-10H,11-16H2,1H3/p+1. The van der Waals surface area contributed by atoms with E-state index in [0.717, 1.165) is 18.7 Å². The zero-order valence-electron chi connectivity index (χ0n) is 15.5. The van der Waals surface area contributed by atoms with Gasteiger partial charge in [-0.3, -0.25) is 9.59 Å². The van der Waals surface area contributed by atoms with Crippen molar-refractivity contribution in [1.82, 2.24) is 9.80 Å². The Hall–Kier alpha value is -2.73. The number of quaternary nitrogens is 1. The molecular formula is C21H25FN3O2+. The van der Waals surface area contributed by atoms with Gasteiger partial charge in [-0.2, -0.15) is 0 Å². The van der Waals surface area contributed by atoms with Gasteiger partial charge in [0.05, 0.1) is 26.2 Å². The van der Waals surface area contributed by atoms with Gasteiger partial charge in [0.25, 0.3) is 11.8 Å². The molecule has 5 nitrogen and oxygen atoms in total. The van der Waals surface area contributed by atoms with Gasteiger partial charge in [0.15, 0.2) is 6.54 Å². The molecule has 1 heterocycles. The molecule has 0 saturated carbocycles. The quantitative estimate of drug-likeness (QED) is 0.847. The number of hydrogen-bond acceptors (Lipinski definition) is 2. The van der Waals surface area contributed by atoms with Crippen LogP contribution in [0.3, 0.4) is 0 Å². The van der Waals surface area contributed by atoms with Crippen LogP contribution in [0, 0.1) is 5.82 Å². The minimum absolute atomic E-state index is 0.0504. The van der Waals surface area contributed by atoms with E-state index >= 15 is 0 Å². The molecule has 1 aliphatic heterocycles. The van der Waals surface area contributed by atoms with Crippen LogP contribution in [0.25, 0.3) is 0 Å². The number of carbonyl (C=O) groups excluding carboxylic acids is 2. The van der Waals surface area contributed by atoms with E-state index in [-0.39, 0.29) is 17.6 Å². The molecule has 2 aromatic carbocycles. The van der Waals surface area contributed by atoms with Crippen molar-refractivity contribution in [2.45, 2.75) is 6.54 Å². The number of likely N-dealkylation sites (N-methyl/N-ethyl adjacent to an activating group) is 1. The topological polar surface area (TPSA) is 45.1 Å². The highest BCUT2D eigenvalue weighted by Crippen LogP contribution is 2.06. The van der Waals surface area contributed by atoms with Gasteiger partial charge < -0.3 is 14.7 Å². The highest BCUT2D eigenvalue weighted by Gasteiger charge is 2.26. The van der Waals surface area contributed by atoms with Gasteiger partial charge in [0, 0.05) is 19.2 Å². The first-order valence-corrected chi connectivity index (χ1v) is 9.19. The molecule has 1 fully saturated rings. The molecule has 27 heavy (non-hydrogen) atoms. The average Bonchev–Trinajstić information content (AvgIpc) is 2.70. The minimum Gasteiger partial charge on any atom is -0.337 e. The van der Waals surface area contributed by atoms with Crippen molar-refractivity contribution in [3.05, 3.63) is 71.5 Å². The Labute approximate surface area is 159 Å². The Kier molecular flexibility index (Phi) is 6.19. The second kappa shape index (κ2) is 8.77. The molecule has 0 aromatic heterocycles. The maximum Gasteiger partial charge on any atom is 0.277 e. The van der Waals surface area contributed by atoms with Crippen LogP contribution < -0.4 is 4.90 Å². The summed E-state index contributed by atoms with van der Waals surface area (Å²) in [5.41, 5.74) is 1.61. The van der Waals surface area contributed by atoms with Gasteiger partial charge in [-0.1, -0.05) is 30.3 Å². The molecule has 2 aromatic rings. The van der Waals surface area contributed by atoms with Crippen molar-refractivity contribution in [2.75, 3.05) is 39.8 Å². The number of halogens is 1. The summed E-state index contributed by atoms with van der Waals surface area (Å²) in [4.78, 5) is 29.7. The van der Waals surface area contributed by atoms with E-state index in [9.17, 15) is 14.0 Å². The first kappa shape index (κ1) is 19.0. The molecule has 0 aliphatic carbocycles. The van der Waals surface area contributed by atoms with Crippen LogP contribution in [-0.2, 0) is 11.3 Å². The SMILES string of the molecule is CN(Cc1ccc(F)cc1)C(=O)C[NH+]1CCN(C(=O)c2ccccc2)CC1. The number of nitrogens with zero attached hydrogens (tertiary/aromatic N) is 2. The monoisotopic (exact) mass is 370 g/mol. The fraction of sp³-hybridized carbons (Fsp3) is 0.333. The normalized spacial score (nSPS) is 14.8. The lowest BCUT2D eigenvalue weighted by atomic mass is 10.2. The zero-order valence-corrected chi connectivity index (χ0v) is 15.5. The maximum absolute atomic E-state index is 13.0. The fourth-order valence-electron chi connectivity index (χ4n) is 3.27. The Morgan fingerprint density at radius 3 is 2.30 bits per heavy atom. The van der Waals surface area contributed by atoms with Crippen LogP contribution in [0.1, 0.15) is 15.9 Å². The predicted octanol–water partition coefficient (Wildman–Crippen LogP) is 0.825. The van der Waals surface area contributed by atoms with Crippen LogP contribution in [0.2, 0.25) is 0 Å². The van der Waals surface area contributed by atoms with E-state index < -0.39 is 0 Å². The summed E-state index contributed by atoms with van der Waals surface area (Å²) < 4.78 is 13.0. The number of rotatable bonds is 5. The van der Waals surface area contributed by atoms with E-state index in [1.807, 2.05) is 35.2 Å². The largest absolute Gasteiger partial charge is 0.337 e. The highest BCUT2D eigenvalue weighted by molar-refractivity contribution is 5.94. The molecule has 0 unspecified atom stereocenters. The number of piperazine rings is 1. The molecule has 0 atom stereocenters. The van der Waals surface area contributed by atoms with Crippen molar-refractivity contribution in [3.8, 4) is 0 Å². The lowest BCUT2D eigenvalue weighted by Gasteiger charge is -2.32. The predicted molar refractivity (Wildman–Crippen MR) is 101 cm³/mol. The average molecular weight is 370 g/mol. The Bertz CT molecular complexity index is 772. The van der Waals surface area contributed by atoms with Crippen LogP contribution in [0.4, 0.5) is 4.39 Å². The first-order valence-electron chi connectivity index (χ1n) is 9.19. The van der Waals surface area contributed by atoms with E-state index in [0.29, 0.717) is 31.7 Å². The van der Waals surface area contributed by atoms with Crippen molar-refractivity contribution in [2.24, 2.45) is 0 Å². The van der Waals surface area contributed by atoms with Gasteiger partial charge in [0.1, 0.15) is 5.82 Å². The van der Waals surface area contributed by atoms with E-state index in [1.165, 1.54) is 17.0 Å². The number of hydrogen-bond donors (Lipinski definition) is 1. The molecule has 3 rings (SSSR count). The lowest BCUT2D eigenvalue weighted by molar-refractivity contribution is -0.896. The molecule has 0 bridgehead atoms. The summed E-state index contributed by atoms with van der Waals surface area (Å²) in [7, 11) is 1.76. The molecule has 1 aliphatic rings. The maximum atomic E-state index is 13.0. The molecule has 142 valence electrons. The van der Waals surface area contributed by atoms with Crippen LogP contribution in [0.5, 0.6) is 0 Å². The first-order chi connectivity index (χ1) is 13.0. The number of nitrogens with one attached hydrogen (secondary N) is 1. The number of amides is 2. The Balaban J connectivity index is 1.46. The summed E-state index contributed by atoms with van der Waals surface area (Å²) in [5.74, 6) is -0.174. The summed E-state index contributed by atoms with van der Waals surface area (Å²) in [6.45, 7) is 3.69. The fourth-order valence-corrected chi connectivity index (χ4v) is 3.27.